The van der Waals surface area contributed by atoms with Crippen molar-refractivity contribution in [2.45, 2.75) is 13.0 Å². The molecule has 2 aromatic rings. The molecule has 0 bridgehead atoms. The predicted octanol–water partition coefficient (Wildman–Crippen LogP) is 3.08. The van der Waals surface area contributed by atoms with Crippen LogP contribution < -0.4 is 9.47 Å². The number of rotatable bonds is 7. The van der Waals surface area contributed by atoms with E-state index in [-0.39, 0.29) is 5.75 Å². The fourth-order valence-electron chi connectivity index (χ4n) is 2.12. The lowest BCUT2D eigenvalue weighted by Crippen LogP contribution is -2.23. The summed E-state index contributed by atoms with van der Waals surface area (Å²) in [6.07, 6.45) is 0.462. The molecule has 0 radical (unpaired) electrons. The van der Waals surface area contributed by atoms with Crippen LogP contribution >= 0.6 is 0 Å². The molecule has 0 saturated heterocycles. The second kappa shape index (κ2) is 8.66. The van der Waals surface area contributed by atoms with E-state index in [0.29, 0.717) is 22.6 Å². The molecule has 0 heterocycles. The zero-order valence-electron chi connectivity index (χ0n) is 14.6. The molecule has 0 saturated carbocycles. The highest BCUT2D eigenvalue weighted by molar-refractivity contribution is 5.91. The lowest BCUT2D eigenvalue weighted by Gasteiger charge is -2.15. The SMILES string of the molecule is COC(=O)c1cccc(N=Cc2cccc(OC)c2O[C@H](C)C(=O)O)c1. The molecule has 2 aromatic carbocycles. The van der Waals surface area contributed by atoms with Gasteiger partial charge in [0.05, 0.1) is 25.5 Å². The van der Waals surface area contributed by atoms with Crippen molar-refractivity contribution in [3.8, 4) is 11.5 Å². The summed E-state index contributed by atoms with van der Waals surface area (Å²) in [5.41, 5.74) is 1.46. The van der Waals surface area contributed by atoms with E-state index in [0.717, 1.165) is 0 Å². The Morgan fingerprint density at radius 3 is 2.54 bits per heavy atom. The van der Waals surface area contributed by atoms with E-state index >= 15 is 0 Å². The second-order valence-electron chi connectivity index (χ2n) is 5.28. The van der Waals surface area contributed by atoms with Crippen LogP contribution in [-0.4, -0.2) is 43.6 Å². The summed E-state index contributed by atoms with van der Waals surface area (Å²) in [6.45, 7) is 1.43. The fourth-order valence-corrected chi connectivity index (χ4v) is 2.12. The van der Waals surface area contributed by atoms with Gasteiger partial charge in [0, 0.05) is 11.8 Å². The number of ether oxygens (including phenoxy) is 3. The predicted molar refractivity (Wildman–Crippen MR) is 95.8 cm³/mol. The molecule has 0 aliphatic heterocycles. The van der Waals surface area contributed by atoms with E-state index in [1.54, 1.807) is 42.5 Å². The van der Waals surface area contributed by atoms with Crippen molar-refractivity contribution in [1.29, 1.82) is 0 Å². The van der Waals surface area contributed by atoms with E-state index in [1.165, 1.54) is 27.4 Å². The van der Waals surface area contributed by atoms with E-state index in [4.69, 9.17) is 14.6 Å². The van der Waals surface area contributed by atoms with Crippen LogP contribution in [0.5, 0.6) is 11.5 Å². The summed E-state index contributed by atoms with van der Waals surface area (Å²) in [4.78, 5) is 27.0. The van der Waals surface area contributed by atoms with Gasteiger partial charge in [0.25, 0.3) is 0 Å². The Hall–Kier alpha value is -3.35. The molecule has 26 heavy (non-hydrogen) atoms. The number of hydrogen-bond donors (Lipinski definition) is 1. The molecule has 136 valence electrons. The molecule has 0 aromatic heterocycles. The van der Waals surface area contributed by atoms with Crippen LogP contribution in [-0.2, 0) is 9.53 Å². The number of nitrogens with zero attached hydrogens (tertiary/aromatic N) is 1. The Labute approximate surface area is 150 Å². The van der Waals surface area contributed by atoms with Crippen molar-refractivity contribution < 1.29 is 28.9 Å². The van der Waals surface area contributed by atoms with Crippen molar-refractivity contribution in [3.05, 3.63) is 53.6 Å². The number of carboxylic acids is 1. The molecule has 7 nitrogen and oxygen atoms in total. The summed E-state index contributed by atoms with van der Waals surface area (Å²) in [5, 5.41) is 9.07. The van der Waals surface area contributed by atoms with Crippen LogP contribution in [0.2, 0.25) is 0 Å². The first-order valence-corrected chi connectivity index (χ1v) is 7.75. The molecular formula is C19H19NO6. The van der Waals surface area contributed by atoms with Crippen molar-refractivity contribution in [3.63, 3.8) is 0 Å². The zero-order chi connectivity index (χ0) is 19.1. The third kappa shape index (κ3) is 4.60. The summed E-state index contributed by atoms with van der Waals surface area (Å²) in [7, 11) is 2.77. The van der Waals surface area contributed by atoms with Gasteiger partial charge in [-0.2, -0.15) is 0 Å². The third-order valence-corrected chi connectivity index (χ3v) is 3.49. The monoisotopic (exact) mass is 357 g/mol. The van der Waals surface area contributed by atoms with Crippen LogP contribution in [0.15, 0.2) is 47.5 Å². The molecule has 0 spiro atoms. The minimum atomic E-state index is -1.09. The standard InChI is InChI=1S/C19H19NO6/c1-12(18(21)22)26-17-14(7-5-9-16(17)24-2)11-20-15-8-4-6-13(10-15)19(23)25-3/h4-12H,1-3H3,(H,21,22)/t12-/m1/s1. The third-order valence-electron chi connectivity index (χ3n) is 3.49. The Bertz CT molecular complexity index is 831. The van der Waals surface area contributed by atoms with Gasteiger partial charge in [0.15, 0.2) is 17.6 Å². The lowest BCUT2D eigenvalue weighted by atomic mass is 10.2. The summed E-state index contributed by atoms with van der Waals surface area (Å²) in [5.74, 6) is -0.879. The van der Waals surface area contributed by atoms with Crippen molar-refractivity contribution in [2.75, 3.05) is 14.2 Å². The van der Waals surface area contributed by atoms with E-state index in [9.17, 15) is 9.59 Å². The number of aliphatic carboxylic acids is 1. The summed E-state index contributed by atoms with van der Waals surface area (Å²) in [6, 6.07) is 11.8. The van der Waals surface area contributed by atoms with Gasteiger partial charge < -0.3 is 19.3 Å². The molecule has 0 fully saturated rings. The maximum absolute atomic E-state index is 11.6. The maximum Gasteiger partial charge on any atom is 0.344 e. The second-order valence-corrected chi connectivity index (χ2v) is 5.28. The van der Waals surface area contributed by atoms with Gasteiger partial charge in [-0.05, 0) is 37.3 Å². The number of methoxy groups -OCH3 is 2. The van der Waals surface area contributed by atoms with Gasteiger partial charge >= 0.3 is 11.9 Å². The van der Waals surface area contributed by atoms with Gasteiger partial charge in [0.1, 0.15) is 0 Å². The number of carbonyl (C=O) groups excluding carboxylic acids is 1. The number of aliphatic imine (C=N–C) groups is 1. The van der Waals surface area contributed by atoms with E-state index in [2.05, 4.69) is 9.73 Å². The Morgan fingerprint density at radius 2 is 1.88 bits per heavy atom. The summed E-state index contributed by atoms with van der Waals surface area (Å²) >= 11 is 0. The molecule has 0 amide bonds. The number of para-hydroxylation sites is 1. The van der Waals surface area contributed by atoms with Crippen LogP contribution in [0.25, 0.3) is 0 Å². The number of carbonyl (C=O) groups is 2. The number of benzene rings is 2. The minimum Gasteiger partial charge on any atom is -0.493 e. The molecule has 7 heteroatoms. The quantitative estimate of drug-likeness (QED) is 0.604. The van der Waals surface area contributed by atoms with Gasteiger partial charge in [-0.15, -0.1) is 0 Å². The fraction of sp³-hybridized carbons (Fsp3) is 0.211. The van der Waals surface area contributed by atoms with Gasteiger partial charge in [-0.1, -0.05) is 12.1 Å². The van der Waals surface area contributed by atoms with Crippen molar-refractivity contribution in [2.24, 2.45) is 4.99 Å². The molecule has 2 rings (SSSR count). The highest BCUT2D eigenvalue weighted by Gasteiger charge is 2.18. The molecule has 0 aliphatic carbocycles. The molecule has 0 aliphatic rings. The van der Waals surface area contributed by atoms with Crippen LogP contribution in [0, 0.1) is 0 Å². The van der Waals surface area contributed by atoms with Crippen LogP contribution in [0.4, 0.5) is 5.69 Å². The molecule has 1 N–H and O–H groups in total. The van der Waals surface area contributed by atoms with E-state index < -0.39 is 18.0 Å². The molecule has 1 atom stereocenters. The van der Waals surface area contributed by atoms with E-state index in [1.807, 2.05) is 0 Å². The number of hydrogen-bond acceptors (Lipinski definition) is 6. The number of esters is 1. The Balaban J connectivity index is 2.35. The van der Waals surface area contributed by atoms with Crippen LogP contribution in [0.3, 0.4) is 0 Å². The highest BCUT2D eigenvalue weighted by Crippen LogP contribution is 2.31. The lowest BCUT2D eigenvalue weighted by molar-refractivity contribution is -0.144. The van der Waals surface area contributed by atoms with Crippen molar-refractivity contribution in [1.82, 2.24) is 0 Å². The zero-order valence-corrected chi connectivity index (χ0v) is 14.6. The van der Waals surface area contributed by atoms with Gasteiger partial charge in [-0.25, -0.2) is 9.59 Å². The smallest absolute Gasteiger partial charge is 0.344 e. The number of carboxylic acid groups (broad SMARTS) is 1. The molecule has 0 unspecified atom stereocenters. The summed E-state index contributed by atoms with van der Waals surface area (Å²) < 4.78 is 15.4. The largest absolute Gasteiger partial charge is 0.493 e. The average Bonchev–Trinajstić information content (AvgIpc) is 2.66. The first-order valence-electron chi connectivity index (χ1n) is 7.75. The Kier molecular flexibility index (Phi) is 6.32. The first kappa shape index (κ1) is 19.0. The normalized spacial score (nSPS) is 11.8. The van der Waals surface area contributed by atoms with Crippen LogP contribution in [0.1, 0.15) is 22.8 Å². The van der Waals surface area contributed by atoms with Gasteiger partial charge in [-0.3, -0.25) is 4.99 Å². The molecular weight excluding hydrogens is 338 g/mol. The van der Waals surface area contributed by atoms with Gasteiger partial charge in [0.2, 0.25) is 0 Å². The average molecular weight is 357 g/mol. The van der Waals surface area contributed by atoms with Crippen molar-refractivity contribution >= 4 is 23.8 Å². The highest BCUT2D eigenvalue weighted by atomic mass is 16.5. The topological polar surface area (TPSA) is 94.4 Å². The minimum absolute atomic E-state index is 0.276. The first-order chi connectivity index (χ1) is 12.5. The Morgan fingerprint density at radius 1 is 1.15 bits per heavy atom. The maximum atomic E-state index is 11.6.